The van der Waals surface area contributed by atoms with Crippen LogP contribution in [0.15, 0.2) is 27.4 Å². The van der Waals surface area contributed by atoms with Gasteiger partial charge in [-0.15, -0.1) is 0 Å². The van der Waals surface area contributed by atoms with Gasteiger partial charge in [-0.25, -0.2) is 4.98 Å². The summed E-state index contributed by atoms with van der Waals surface area (Å²) in [6.45, 7) is 2.02. The molecule has 18 heavy (non-hydrogen) atoms. The molecule has 1 aromatic carbocycles. The summed E-state index contributed by atoms with van der Waals surface area (Å²) in [4.78, 5) is 5.26. The Labute approximate surface area is 118 Å². The zero-order valence-electron chi connectivity index (χ0n) is 9.61. The average Bonchev–Trinajstić information content (AvgIpc) is 2.79. The first-order valence-corrected chi connectivity index (χ1v) is 7.21. The lowest BCUT2D eigenvalue weighted by Gasteiger charge is -2.03. The first-order valence-electron chi connectivity index (χ1n) is 5.24. The van der Waals surface area contributed by atoms with Crippen molar-refractivity contribution in [2.45, 2.75) is 22.6 Å². The number of halogens is 1. The number of amidine groups is 1. The maximum Gasteiger partial charge on any atom is 0.174 e. The van der Waals surface area contributed by atoms with Gasteiger partial charge >= 0.3 is 0 Å². The van der Waals surface area contributed by atoms with E-state index >= 15 is 0 Å². The van der Waals surface area contributed by atoms with Crippen molar-refractivity contribution in [2.24, 2.45) is 5.73 Å². The summed E-state index contributed by atoms with van der Waals surface area (Å²) in [5, 5.41) is 7.91. The second-order valence-electron chi connectivity index (χ2n) is 3.49. The molecule has 0 fully saturated rings. The van der Waals surface area contributed by atoms with Crippen LogP contribution in [0.4, 0.5) is 0 Å². The summed E-state index contributed by atoms with van der Waals surface area (Å²) in [5.74, 6) is 0.858. The van der Waals surface area contributed by atoms with Crippen LogP contribution in [0, 0.1) is 5.41 Å². The molecule has 0 saturated heterocycles. The Kier molecular flexibility index (Phi) is 4.21. The van der Waals surface area contributed by atoms with Crippen molar-refractivity contribution in [1.82, 2.24) is 9.36 Å². The van der Waals surface area contributed by atoms with Crippen molar-refractivity contribution < 1.29 is 0 Å². The molecule has 7 heteroatoms. The highest BCUT2D eigenvalue weighted by atomic mass is 35.5. The number of benzene rings is 1. The second kappa shape index (κ2) is 5.69. The molecule has 0 saturated carbocycles. The molecule has 0 radical (unpaired) electrons. The molecule has 0 aliphatic heterocycles. The number of nitrogens with one attached hydrogen (secondary N) is 1. The molecule has 0 bridgehead atoms. The molecule has 2 rings (SSSR count). The Morgan fingerprint density at radius 3 is 2.89 bits per heavy atom. The Bertz CT molecular complexity index is 582. The number of aromatic nitrogens is 2. The van der Waals surface area contributed by atoms with E-state index in [0.29, 0.717) is 10.6 Å². The van der Waals surface area contributed by atoms with E-state index in [2.05, 4.69) is 9.36 Å². The monoisotopic (exact) mass is 298 g/mol. The first-order chi connectivity index (χ1) is 8.60. The summed E-state index contributed by atoms with van der Waals surface area (Å²) < 4.78 is 5.08. The minimum absolute atomic E-state index is 0.0117. The second-order valence-corrected chi connectivity index (χ2v) is 5.94. The van der Waals surface area contributed by atoms with Gasteiger partial charge in [0.25, 0.3) is 0 Å². The Morgan fingerprint density at radius 1 is 1.56 bits per heavy atom. The van der Waals surface area contributed by atoms with Gasteiger partial charge in [0.2, 0.25) is 0 Å². The summed E-state index contributed by atoms with van der Waals surface area (Å²) >= 11 is 8.98. The molecule has 1 heterocycles. The van der Waals surface area contributed by atoms with Gasteiger partial charge in [0.1, 0.15) is 11.7 Å². The lowest BCUT2D eigenvalue weighted by molar-refractivity contribution is 0.971. The number of hydrogen-bond donors (Lipinski definition) is 2. The highest BCUT2D eigenvalue weighted by Gasteiger charge is 2.09. The normalized spacial score (nSPS) is 10.6. The quantitative estimate of drug-likeness (QED) is 0.671. The van der Waals surface area contributed by atoms with Crippen molar-refractivity contribution in [3.63, 3.8) is 0 Å². The number of nitrogen functional groups attached to an aromatic ring is 1. The lowest BCUT2D eigenvalue weighted by atomic mass is 10.2. The van der Waals surface area contributed by atoms with Gasteiger partial charge in [0.05, 0.1) is 5.02 Å². The zero-order valence-corrected chi connectivity index (χ0v) is 12.0. The van der Waals surface area contributed by atoms with Crippen molar-refractivity contribution in [3.8, 4) is 0 Å². The molecule has 0 unspecified atom stereocenters. The molecule has 4 nitrogen and oxygen atoms in total. The van der Waals surface area contributed by atoms with Crippen LogP contribution in [0.1, 0.15) is 18.3 Å². The highest BCUT2D eigenvalue weighted by molar-refractivity contribution is 8.01. The number of nitrogens with zero attached hydrogens (tertiary/aromatic N) is 2. The molecule has 0 amide bonds. The van der Waals surface area contributed by atoms with E-state index in [1.807, 2.05) is 13.0 Å². The third-order valence-electron chi connectivity index (χ3n) is 2.21. The van der Waals surface area contributed by atoms with E-state index in [1.165, 1.54) is 23.3 Å². The van der Waals surface area contributed by atoms with Crippen LogP contribution < -0.4 is 5.73 Å². The van der Waals surface area contributed by atoms with Gasteiger partial charge in [0.15, 0.2) is 4.34 Å². The molecule has 0 aliphatic carbocycles. The third-order valence-corrected chi connectivity index (χ3v) is 4.50. The summed E-state index contributed by atoms with van der Waals surface area (Å²) in [6, 6.07) is 5.31. The standard InChI is InChI=1S/C11H11ClN4S2/c1-2-9-15-11(18-16-9)17-8-4-3-6(10(13)14)5-7(8)12/h3-5H,2H2,1H3,(H3,13,14). The smallest absolute Gasteiger partial charge is 0.174 e. The summed E-state index contributed by atoms with van der Waals surface area (Å²) in [6.07, 6.45) is 0.827. The SMILES string of the molecule is CCc1nsc(Sc2ccc(C(=N)N)cc2Cl)n1. The molecule has 94 valence electrons. The van der Waals surface area contributed by atoms with E-state index in [1.54, 1.807) is 12.1 Å². The van der Waals surface area contributed by atoms with Gasteiger partial charge < -0.3 is 5.73 Å². The van der Waals surface area contributed by atoms with Gasteiger partial charge in [-0.05, 0) is 23.7 Å². The molecular weight excluding hydrogens is 288 g/mol. The molecule has 0 aliphatic rings. The third kappa shape index (κ3) is 3.01. The van der Waals surface area contributed by atoms with Crippen molar-refractivity contribution in [1.29, 1.82) is 5.41 Å². The zero-order chi connectivity index (χ0) is 13.1. The summed E-state index contributed by atoms with van der Waals surface area (Å²) in [7, 11) is 0. The maximum absolute atomic E-state index is 7.34. The predicted molar refractivity (Wildman–Crippen MR) is 75.9 cm³/mol. The Balaban J connectivity index is 2.21. The fraction of sp³-hybridized carbons (Fsp3) is 0.182. The molecule has 0 atom stereocenters. The van der Waals surface area contributed by atoms with Crippen LogP contribution in [0.5, 0.6) is 0 Å². The van der Waals surface area contributed by atoms with E-state index in [4.69, 9.17) is 22.7 Å². The van der Waals surface area contributed by atoms with E-state index < -0.39 is 0 Å². The number of aryl methyl sites for hydroxylation is 1. The maximum atomic E-state index is 7.34. The lowest BCUT2D eigenvalue weighted by Crippen LogP contribution is -2.10. The van der Waals surface area contributed by atoms with Crippen LogP contribution in [0.3, 0.4) is 0 Å². The molecule has 1 aromatic heterocycles. The Morgan fingerprint density at radius 2 is 2.33 bits per heavy atom. The van der Waals surface area contributed by atoms with Crippen LogP contribution in [-0.2, 0) is 6.42 Å². The van der Waals surface area contributed by atoms with Crippen LogP contribution in [0.2, 0.25) is 5.02 Å². The van der Waals surface area contributed by atoms with Crippen LogP contribution >= 0.6 is 34.9 Å². The van der Waals surface area contributed by atoms with Crippen LogP contribution in [-0.4, -0.2) is 15.2 Å². The van der Waals surface area contributed by atoms with Gasteiger partial charge in [-0.2, -0.15) is 4.37 Å². The van der Waals surface area contributed by atoms with Crippen molar-refractivity contribution in [3.05, 3.63) is 34.6 Å². The van der Waals surface area contributed by atoms with E-state index in [0.717, 1.165) is 21.5 Å². The molecule has 3 N–H and O–H groups in total. The topological polar surface area (TPSA) is 75.7 Å². The molecule has 0 spiro atoms. The predicted octanol–water partition coefficient (Wildman–Crippen LogP) is 3.19. The van der Waals surface area contributed by atoms with Crippen LogP contribution in [0.25, 0.3) is 0 Å². The fourth-order valence-electron chi connectivity index (χ4n) is 1.27. The minimum Gasteiger partial charge on any atom is -0.384 e. The van der Waals surface area contributed by atoms with Crippen molar-refractivity contribution in [2.75, 3.05) is 0 Å². The molecular formula is C11H11ClN4S2. The number of rotatable bonds is 4. The van der Waals surface area contributed by atoms with Gasteiger partial charge in [-0.3, -0.25) is 5.41 Å². The van der Waals surface area contributed by atoms with Gasteiger partial charge in [0, 0.05) is 16.9 Å². The summed E-state index contributed by atoms with van der Waals surface area (Å²) in [5.41, 5.74) is 6.03. The largest absolute Gasteiger partial charge is 0.384 e. The highest BCUT2D eigenvalue weighted by Crippen LogP contribution is 2.34. The van der Waals surface area contributed by atoms with E-state index in [9.17, 15) is 0 Å². The fourth-order valence-corrected chi connectivity index (χ4v) is 3.23. The first kappa shape index (κ1) is 13.3. The van der Waals surface area contributed by atoms with Crippen molar-refractivity contribution >= 4 is 40.7 Å². The Hall–Kier alpha value is -1.11. The number of hydrogen-bond acceptors (Lipinski definition) is 5. The average molecular weight is 299 g/mol. The van der Waals surface area contributed by atoms with Gasteiger partial charge in [-0.1, -0.05) is 36.4 Å². The van der Waals surface area contributed by atoms with E-state index in [-0.39, 0.29) is 5.84 Å². The minimum atomic E-state index is 0.0117. The molecule has 2 aromatic rings. The number of nitrogens with two attached hydrogens (primary N) is 1.